The van der Waals surface area contributed by atoms with Crippen LogP contribution in [-0.4, -0.2) is 35.8 Å². The summed E-state index contributed by atoms with van der Waals surface area (Å²) in [4.78, 5) is 31.5. The quantitative estimate of drug-likeness (QED) is 0.661. The number of benzene rings is 1. The zero-order valence-electron chi connectivity index (χ0n) is 15.1. The largest absolute Gasteiger partial charge is 0.351 e. The van der Waals surface area contributed by atoms with Gasteiger partial charge in [-0.2, -0.15) is 0 Å². The minimum Gasteiger partial charge on any atom is -0.351 e. The lowest BCUT2D eigenvalue weighted by Crippen LogP contribution is -2.48. The van der Waals surface area contributed by atoms with E-state index < -0.39 is 0 Å². The number of rotatable bonds is 5. The van der Waals surface area contributed by atoms with E-state index in [2.05, 4.69) is 16.3 Å². The van der Waals surface area contributed by atoms with Gasteiger partial charge >= 0.3 is 0 Å². The summed E-state index contributed by atoms with van der Waals surface area (Å²) < 4.78 is 1.19. The maximum atomic E-state index is 12.4. The van der Waals surface area contributed by atoms with Gasteiger partial charge in [-0.1, -0.05) is 23.5 Å². The summed E-state index contributed by atoms with van der Waals surface area (Å²) in [5, 5.41) is 6.08. The number of thiazole rings is 1. The molecule has 1 unspecified atom stereocenters. The number of fused-ring (bicyclic) bond motifs is 1. The smallest absolute Gasteiger partial charge is 0.224 e. The number of hydrogen-bond donors (Lipinski definition) is 1. The first-order valence-corrected chi connectivity index (χ1v) is 10.8. The van der Waals surface area contributed by atoms with Crippen molar-refractivity contribution >= 4 is 49.7 Å². The van der Waals surface area contributed by atoms with Crippen LogP contribution in [0.25, 0.3) is 10.2 Å². The van der Waals surface area contributed by atoms with Crippen molar-refractivity contribution in [1.82, 2.24) is 10.3 Å². The van der Waals surface area contributed by atoms with Crippen LogP contribution < -0.4 is 10.2 Å². The highest BCUT2D eigenvalue weighted by molar-refractivity contribution is 7.22. The second-order valence-corrected chi connectivity index (χ2v) is 8.79. The van der Waals surface area contributed by atoms with E-state index in [-0.39, 0.29) is 17.7 Å². The number of carbonyl (C=O) groups excluding carboxylic acids is 2. The summed E-state index contributed by atoms with van der Waals surface area (Å²) in [5.41, 5.74) is 1.93. The fourth-order valence-electron chi connectivity index (χ4n) is 3.38. The minimum absolute atomic E-state index is 0.0130. The number of Topliss-reactive ketones (excluding diaryl/α,β-unsaturated/α-hetero) is 1. The van der Waals surface area contributed by atoms with Crippen molar-refractivity contribution in [2.45, 2.75) is 32.2 Å². The second-order valence-electron chi connectivity index (χ2n) is 6.87. The number of aromatic nitrogens is 1. The molecular formula is C20H21N3O2S2. The molecule has 1 aliphatic heterocycles. The molecule has 0 aliphatic carbocycles. The molecule has 0 radical (unpaired) electrons. The number of thiophene rings is 1. The number of piperidine rings is 1. The third kappa shape index (κ3) is 4.20. The minimum atomic E-state index is 0.0130. The number of para-hydroxylation sites is 1. The standard InChI is InChI=1S/C20H21N3O2S2/c1-13(24)18-9-14(12-26-18)10-19(25)21-15-5-4-8-23(11-15)20-22-16-6-2-3-7-17(16)27-20/h2-3,6-7,9,12,15H,4-5,8,10-11H2,1H3,(H,21,25). The first kappa shape index (κ1) is 18.1. The molecule has 5 nitrogen and oxygen atoms in total. The van der Waals surface area contributed by atoms with E-state index in [0.29, 0.717) is 11.3 Å². The molecular weight excluding hydrogens is 378 g/mol. The van der Waals surface area contributed by atoms with Crippen LogP contribution in [0.15, 0.2) is 35.7 Å². The Kier molecular flexibility index (Phi) is 5.22. The molecule has 1 atom stereocenters. The molecule has 1 fully saturated rings. The average molecular weight is 400 g/mol. The van der Waals surface area contributed by atoms with Gasteiger partial charge in [-0.3, -0.25) is 9.59 Å². The molecule has 0 spiro atoms. The average Bonchev–Trinajstić information content (AvgIpc) is 3.28. The van der Waals surface area contributed by atoms with Gasteiger partial charge < -0.3 is 10.2 Å². The van der Waals surface area contributed by atoms with Crippen molar-refractivity contribution in [1.29, 1.82) is 0 Å². The Labute approximate surface area is 166 Å². The summed E-state index contributed by atoms with van der Waals surface area (Å²) >= 11 is 3.11. The van der Waals surface area contributed by atoms with Crippen LogP contribution in [0.1, 0.15) is 35.0 Å². The SMILES string of the molecule is CC(=O)c1cc(CC(=O)NC2CCCN(c3nc4ccccc4s3)C2)cs1. The van der Waals surface area contributed by atoms with Crippen LogP contribution in [0.5, 0.6) is 0 Å². The van der Waals surface area contributed by atoms with Crippen LogP contribution in [0.2, 0.25) is 0 Å². The van der Waals surface area contributed by atoms with Gasteiger partial charge in [-0.15, -0.1) is 11.3 Å². The Bertz CT molecular complexity index is 945. The molecule has 3 aromatic rings. The highest BCUT2D eigenvalue weighted by atomic mass is 32.1. The fraction of sp³-hybridized carbons (Fsp3) is 0.350. The van der Waals surface area contributed by atoms with Crippen LogP contribution in [0.4, 0.5) is 5.13 Å². The summed E-state index contributed by atoms with van der Waals surface area (Å²) in [5.74, 6) is 0.0597. The highest BCUT2D eigenvalue weighted by Gasteiger charge is 2.23. The number of carbonyl (C=O) groups is 2. The van der Waals surface area contributed by atoms with Gasteiger partial charge in [0.25, 0.3) is 0 Å². The van der Waals surface area contributed by atoms with E-state index in [0.717, 1.165) is 42.1 Å². The van der Waals surface area contributed by atoms with Gasteiger partial charge in [-0.25, -0.2) is 4.98 Å². The third-order valence-electron chi connectivity index (χ3n) is 4.71. The number of amides is 1. The van der Waals surface area contributed by atoms with E-state index in [1.165, 1.54) is 16.0 Å². The van der Waals surface area contributed by atoms with Crippen LogP contribution in [-0.2, 0) is 11.2 Å². The fourth-order valence-corrected chi connectivity index (χ4v) is 5.20. The van der Waals surface area contributed by atoms with E-state index >= 15 is 0 Å². The zero-order chi connectivity index (χ0) is 18.8. The number of nitrogens with one attached hydrogen (secondary N) is 1. The Morgan fingerprint density at radius 1 is 1.33 bits per heavy atom. The van der Waals surface area contributed by atoms with Crippen molar-refractivity contribution in [3.05, 3.63) is 46.2 Å². The molecule has 140 valence electrons. The predicted molar refractivity (Wildman–Crippen MR) is 111 cm³/mol. The number of anilines is 1. The number of nitrogens with zero attached hydrogens (tertiary/aromatic N) is 2. The van der Waals surface area contributed by atoms with Gasteiger partial charge in [0.2, 0.25) is 5.91 Å². The molecule has 3 heterocycles. The maximum Gasteiger partial charge on any atom is 0.224 e. The van der Waals surface area contributed by atoms with E-state index in [1.807, 2.05) is 29.6 Å². The van der Waals surface area contributed by atoms with Crippen LogP contribution >= 0.6 is 22.7 Å². The molecule has 1 aliphatic rings. The number of hydrogen-bond acceptors (Lipinski definition) is 6. The van der Waals surface area contributed by atoms with E-state index in [9.17, 15) is 9.59 Å². The van der Waals surface area contributed by atoms with Gasteiger partial charge in [0.05, 0.1) is 21.5 Å². The normalized spacial score (nSPS) is 17.2. The lowest BCUT2D eigenvalue weighted by atomic mass is 10.1. The molecule has 27 heavy (non-hydrogen) atoms. The molecule has 1 N–H and O–H groups in total. The predicted octanol–water partition coefficient (Wildman–Crippen LogP) is 3.89. The lowest BCUT2D eigenvalue weighted by molar-refractivity contribution is -0.121. The van der Waals surface area contributed by atoms with Crippen molar-refractivity contribution in [3.63, 3.8) is 0 Å². The summed E-state index contributed by atoms with van der Waals surface area (Å²) in [7, 11) is 0. The molecule has 1 saturated heterocycles. The first-order chi connectivity index (χ1) is 13.1. The van der Waals surface area contributed by atoms with E-state index in [1.54, 1.807) is 18.3 Å². The molecule has 4 rings (SSSR count). The Balaban J connectivity index is 1.37. The Morgan fingerprint density at radius 3 is 2.96 bits per heavy atom. The van der Waals surface area contributed by atoms with Crippen LogP contribution in [0.3, 0.4) is 0 Å². The summed E-state index contributed by atoms with van der Waals surface area (Å²) in [6.45, 7) is 3.31. The molecule has 7 heteroatoms. The maximum absolute atomic E-state index is 12.4. The second kappa shape index (κ2) is 7.78. The Morgan fingerprint density at radius 2 is 2.19 bits per heavy atom. The highest BCUT2D eigenvalue weighted by Crippen LogP contribution is 2.30. The summed E-state index contributed by atoms with van der Waals surface area (Å²) in [6, 6.07) is 10.1. The topological polar surface area (TPSA) is 62.3 Å². The first-order valence-electron chi connectivity index (χ1n) is 9.07. The monoisotopic (exact) mass is 399 g/mol. The van der Waals surface area contributed by atoms with Gasteiger partial charge in [0.15, 0.2) is 10.9 Å². The zero-order valence-corrected chi connectivity index (χ0v) is 16.7. The van der Waals surface area contributed by atoms with Crippen molar-refractivity contribution < 1.29 is 9.59 Å². The lowest BCUT2D eigenvalue weighted by Gasteiger charge is -2.32. The van der Waals surface area contributed by atoms with Crippen molar-refractivity contribution in [2.75, 3.05) is 18.0 Å². The molecule has 2 aromatic heterocycles. The third-order valence-corrected chi connectivity index (χ3v) is 6.88. The van der Waals surface area contributed by atoms with Crippen molar-refractivity contribution in [2.24, 2.45) is 0 Å². The Hall–Kier alpha value is -2.25. The molecule has 1 amide bonds. The van der Waals surface area contributed by atoms with Crippen LogP contribution in [0, 0.1) is 0 Å². The van der Waals surface area contributed by atoms with Gasteiger partial charge in [-0.05, 0) is 48.9 Å². The summed E-state index contributed by atoms with van der Waals surface area (Å²) in [6.07, 6.45) is 2.34. The molecule has 0 bridgehead atoms. The number of ketones is 1. The molecule has 1 aromatic carbocycles. The van der Waals surface area contributed by atoms with Crippen molar-refractivity contribution in [3.8, 4) is 0 Å². The van der Waals surface area contributed by atoms with Gasteiger partial charge in [0, 0.05) is 19.1 Å². The van der Waals surface area contributed by atoms with E-state index in [4.69, 9.17) is 4.98 Å². The molecule has 0 saturated carbocycles. The van der Waals surface area contributed by atoms with Gasteiger partial charge in [0.1, 0.15) is 0 Å².